The normalized spacial score (nSPS) is 16.3. The molecule has 7 nitrogen and oxygen atoms in total. The third-order valence-electron chi connectivity index (χ3n) is 4.45. The van der Waals surface area contributed by atoms with E-state index in [1.165, 1.54) is 0 Å². The second-order valence-electron chi connectivity index (χ2n) is 6.19. The second kappa shape index (κ2) is 6.18. The molecule has 26 heavy (non-hydrogen) atoms. The van der Waals surface area contributed by atoms with Gasteiger partial charge in [-0.05, 0) is 26.0 Å². The first-order valence-electron chi connectivity index (χ1n) is 8.26. The van der Waals surface area contributed by atoms with E-state index in [9.17, 15) is 4.79 Å². The van der Waals surface area contributed by atoms with E-state index >= 15 is 0 Å². The summed E-state index contributed by atoms with van der Waals surface area (Å²) < 4.78 is 11.2. The standard InChI is InChI=1S/C19H18N4O3/c1-11-14(12(2)26-22-11)10-23-18-15(8-9-16(20)21-18)25-17(19(23)24)13-6-4-3-5-7-13/h3-9,17H,10H2,1-2H3,(H2,20,21). The minimum atomic E-state index is -0.741. The van der Waals surface area contributed by atoms with Crippen molar-refractivity contribution in [3.63, 3.8) is 0 Å². The maximum atomic E-state index is 13.2. The highest BCUT2D eigenvalue weighted by molar-refractivity contribution is 5.99. The van der Waals surface area contributed by atoms with E-state index in [0.29, 0.717) is 23.1 Å². The van der Waals surface area contributed by atoms with Crippen LogP contribution in [0.4, 0.5) is 11.6 Å². The average Bonchev–Trinajstić information content (AvgIpc) is 2.96. The van der Waals surface area contributed by atoms with Gasteiger partial charge in [0.05, 0.1) is 12.2 Å². The Hall–Kier alpha value is -3.35. The molecule has 7 heteroatoms. The Balaban J connectivity index is 1.79. The summed E-state index contributed by atoms with van der Waals surface area (Å²) in [6.45, 7) is 3.96. The largest absolute Gasteiger partial charge is 0.472 e. The van der Waals surface area contributed by atoms with Crippen molar-refractivity contribution >= 4 is 17.5 Å². The van der Waals surface area contributed by atoms with Crippen molar-refractivity contribution < 1.29 is 14.1 Å². The zero-order chi connectivity index (χ0) is 18.3. The van der Waals surface area contributed by atoms with Gasteiger partial charge in [0.1, 0.15) is 11.6 Å². The first-order valence-corrected chi connectivity index (χ1v) is 8.26. The number of carbonyl (C=O) groups is 1. The summed E-state index contributed by atoms with van der Waals surface area (Å²) in [7, 11) is 0. The van der Waals surface area contributed by atoms with Gasteiger partial charge in [0.15, 0.2) is 11.6 Å². The van der Waals surface area contributed by atoms with Gasteiger partial charge in [0.2, 0.25) is 6.10 Å². The number of amides is 1. The maximum absolute atomic E-state index is 13.2. The molecule has 0 saturated heterocycles. The van der Waals surface area contributed by atoms with Crippen LogP contribution in [0.3, 0.4) is 0 Å². The molecule has 0 fully saturated rings. The number of rotatable bonds is 3. The van der Waals surface area contributed by atoms with E-state index in [1.54, 1.807) is 17.0 Å². The summed E-state index contributed by atoms with van der Waals surface area (Å²) in [5, 5.41) is 3.97. The van der Waals surface area contributed by atoms with E-state index in [4.69, 9.17) is 15.0 Å². The summed E-state index contributed by atoms with van der Waals surface area (Å²) in [6, 6.07) is 12.8. The number of nitrogens with two attached hydrogens (primary N) is 1. The molecule has 132 valence electrons. The van der Waals surface area contributed by atoms with Gasteiger partial charge in [-0.15, -0.1) is 0 Å². The minimum Gasteiger partial charge on any atom is -0.472 e. The molecule has 0 saturated carbocycles. The highest BCUT2D eigenvalue weighted by Gasteiger charge is 2.37. The van der Waals surface area contributed by atoms with E-state index in [1.807, 2.05) is 44.2 Å². The summed E-state index contributed by atoms with van der Waals surface area (Å²) >= 11 is 0. The monoisotopic (exact) mass is 350 g/mol. The predicted molar refractivity (Wildman–Crippen MR) is 95.6 cm³/mol. The lowest BCUT2D eigenvalue weighted by molar-refractivity contribution is -0.126. The SMILES string of the molecule is Cc1noc(C)c1CN1C(=O)C(c2ccccc2)Oc2ccc(N)nc21. The smallest absolute Gasteiger partial charge is 0.274 e. The Morgan fingerprint density at radius 1 is 1.15 bits per heavy atom. The second-order valence-corrected chi connectivity index (χ2v) is 6.19. The third kappa shape index (κ3) is 2.67. The molecule has 2 aromatic heterocycles. The number of benzene rings is 1. The summed E-state index contributed by atoms with van der Waals surface area (Å²) in [4.78, 5) is 19.1. The van der Waals surface area contributed by atoms with Crippen molar-refractivity contribution in [1.29, 1.82) is 0 Å². The average molecular weight is 350 g/mol. The molecule has 3 aromatic rings. The maximum Gasteiger partial charge on any atom is 0.274 e. The number of hydrogen-bond acceptors (Lipinski definition) is 6. The van der Waals surface area contributed by atoms with Crippen LogP contribution in [0.25, 0.3) is 0 Å². The molecule has 0 radical (unpaired) electrons. The Labute approximate surface area is 150 Å². The van der Waals surface area contributed by atoms with Crippen LogP contribution in [0.15, 0.2) is 47.0 Å². The fourth-order valence-electron chi connectivity index (χ4n) is 3.04. The fourth-order valence-corrected chi connectivity index (χ4v) is 3.04. The van der Waals surface area contributed by atoms with Gasteiger partial charge in [-0.2, -0.15) is 0 Å². The molecule has 1 aliphatic heterocycles. The van der Waals surface area contributed by atoms with Crippen LogP contribution < -0.4 is 15.4 Å². The van der Waals surface area contributed by atoms with Crippen molar-refractivity contribution in [2.24, 2.45) is 0 Å². The van der Waals surface area contributed by atoms with Crippen molar-refractivity contribution in [3.05, 3.63) is 65.0 Å². The van der Waals surface area contributed by atoms with Crippen molar-refractivity contribution in [1.82, 2.24) is 10.1 Å². The van der Waals surface area contributed by atoms with Gasteiger partial charge in [-0.25, -0.2) is 4.98 Å². The molecule has 0 aliphatic carbocycles. The number of nitrogen functional groups attached to an aromatic ring is 1. The molecule has 1 atom stereocenters. The van der Waals surface area contributed by atoms with E-state index in [-0.39, 0.29) is 12.5 Å². The number of ether oxygens (including phenoxy) is 1. The minimum absolute atomic E-state index is 0.207. The number of pyridine rings is 1. The topological polar surface area (TPSA) is 94.5 Å². The molecule has 2 N–H and O–H groups in total. The summed E-state index contributed by atoms with van der Waals surface area (Å²) in [5.74, 6) is 1.70. The molecule has 3 heterocycles. The van der Waals surface area contributed by atoms with E-state index in [2.05, 4.69) is 10.1 Å². The lowest BCUT2D eigenvalue weighted by Crippen LogP contribution is -2.41. The highest BCUT2D eigenvalue weighted by atomic mass is 16.5. The number of aromatic nitrogens is 2. The zero-order valence-electron chi connectivity index (χ0n) is 14.5. The Morgan fingerprint density at radius 3 is 2.62 bits per heavy atom. The van der Waals surface area contributed by atoms with Crippen LogP contribution in [0, 0.1) is 13.8 Å². The Bertz CT molecular complexity index is 949. The number of fused-ring (bicyclic) bond motifs is 1. The number of anilines is 2. The molecule has 4 rings (SSSR count). The van der Waals surface area contributed by atoms with E-state index < -0.39 is 6.10 Å². The van der Waals surface area contributed by atoms with Crippen LogP contribution >= 0.6 is 0 Å². The van der Waals surface area contributed by atoms with Gasteiger partial charge in [0.25, 0.3) is 5.91 Å². The van der Waals surface area contributed by atoms with Gasteiger partial charge in [-0.3, -0.25) is 9.69 Å². The zero-order valence-corrected chi connectivity index (χ0v) is 14.5. The number of nitrogens with zero attached hydrogens (tertiary/aromatic N) is 3. The van der Waals surface area contributed by atoms with Crippen LogP contribution in [0.2, 0.25) is 0 Å². The van der Waals surface area contributed by atoms with Gasteiger partial charge >= 0.3 is 0 Å². The predicted octanol–water partition coefficient (Wildman–Crippen LogP) is 2.94. The van der Waals surface area contributed by atoms with Gasteiger partial charge in [-0.1, -0.05) is 35.5 Å². The van der Waals surface area contributed by atoms with Gasteiger partial charge < -0.3 is 15.0 Å². The molecule has 0 bridgehead atoms. The quantitative estimate of drug-likeness (QED) is 0.780. The third-order valence-corrected chi connectivity index (χ3v) is 4.45. The molecular formula is C19H18N4O3. The van der Waals surface area contributed by atoms with Crippen molar-refractivity contribution in [3.8, 4) is 5.75 Å². The number of aryl methyl sites for hydroxylation is 2. The molecular weight excluding hydrogens is 332 g/mol. The molecule has 1 unspecified atom stereocenters. The molecule has 1 aliphatic rings. The van der Waals surface area contributed by atoms with Crippen LogP contribution in [0.1, 0.15) is 28.7 Å². The molecule has 1 amide bonds. The summed E-state index contributed by atoms with van der Waals surface area (Å²) in [6.07, 6.45) is -0.741. The fraction of sp³-hybridized carbons (Fsp3) is 0.211. The van der Waals surface area contributed by atoms with Crippen LogP contribution in [-0.4, -0.2) is 16.0 Å². The van der Waals surface area contributed by atoms with E-state index in [0.717, 1.165) is 16.8 Å². The first-order chi connectivity index (χ1) is 12.5. The van der Waals surface area contributed by atoms with Crippen LogP contribution in [0.5, 0.6) is 5.75 Å². The van der Waals surface area contributed by atoms with Gasteiger partial charge in [0, 0.05) is 11.1 Å². The number of carbonyl (C=O) groups excluding carboxylic acids is 1. The molecule has 1 aromatic carbocycles. The van der Waals surface area contributed by atoms with Crippen LogP contribution in [-0.2, 0) is 11.3 Å². The van der Waals surface area contributed by atoms with Crippen molar-refractivity contribution in [2.75, 3.05) is 10.6 Å². The Kier molecular flexibility index (Phi) is 3.84. The lowest BCUT2D eigenvalue weighted by atomic mass is 10.1. The van der Waals surface area contributed by atoms with Crippen molar-refractivity contribution in [2.45, 2.75) is 26.5 Å². The first kappa shape index (κ1) is 16.1. The highest BCUT2D eigenvalue weighted by Crippen LogP contribution is 2.39. The summed E-state index contributed by atoms with van der Waals surface area (Å²) in [5.41, 5.74) is 8.20. The molecule has 0 spiro atoms. The Morgan fingerprint density at radius 2 is 1.92 bits per heavy atom. The number of hydrogen-bond donors (Lipinski definition) is 1. The lowest BCUT2D eigenvalue weighted by Gasteiger charge is -2.33.